The average molecular weight is 368 g/mol. The van der Waals surface area contributed by atoms with Crippen LogP contribution in [0.15, 0.2) is 0 Å². The number of primary amides is 4. The van der Waals surface area contributed by atoms with Gasteiger partial charge in [0.25, 0.3) is 0 Å². The molecule has 0 aromatic carbocycles. The number of hydrogen-bond acceptors (Lipinski definition) is 4. The zero-order valence-corrected chi connectivity index (χ0v) is 14.2. The number of rotatable bonds is 0. The van der Waals surface area contributed by atoms with Gasteiger partial charge in [-0.1, -0.05) is 0 Å². The summed E-state index contributed by atoms with van der Waals surface area (Å²) in [6.45, 7) is 0. The third-order valence-electron chi connectivity index (χ3n) is 0. The zero-order valence-electron chi connectivity index (χ0n) is 7.94. The third-order valence-corrected chi connectivity index (χ3v) is 0. The molecule has 0 unspecified atom stereocenters. The number of amides is 4. The second-order valence-electron chi connectivity index (χ2n) is 0.471. The van der Waals surface area contributed by atoms with Crippen LogP contribution in [0.4, 0.5) is 0 Å². The quantitative estimate of drug-likeness (QED) is 0.194. The molecule has 12 heteroatoms. The Morgan fingerprint density at radius 2 is 0.438 bits per heavy atom. The summed E-state index contributed by atoms with van der Waals surface area (Å²) < 4.78 is 0. The first-order chi connectivity index (χ1) is 5.66. The fourth-order valence-electron chi connectivity index (χ4n) is 0. The molecule has 0 aromatic heterocycles. The van der Waals surface area contributed by atoms with E-state index in [-0.39, 0.29) is 86.9 Å². The Bertz CT molecular complexity index is 86.0. The predicted molar refractivity (Wildman–Crippen MR) is 39.5 cm³/mol. The van der Waals surface area contributed by atoms with Crippen molar-refractivity contribution in [3.05, 3.63) is 0 Å². The smallest absolute Gasteiger partial charge is 0 e. The monoisotopic (exact) mass is 368 g/mol. The number of hydrogen-bond donors (Lipinski definition) is 4. The first-order valence-electron chi connectivity index (χ1n) is 1.97. The maximum absolute atomic E-state index is 8.46. The van der Waals surface area contributed by atoms with Crippen molar-refractivity contribution in [2.24, 2.45) is 22.9 Å². The molecule has 8 nitrogen and oxygen atoms in total. The first-order valence-corrected chi connectivity index (χ1v) is 1.97. The SMILES string of the molecule is N[C-]=O.N[C-]=O.N[C-]=O.N[C-]=O.[Ti].[Ti].[Ti].[Ti]. The van der Waals surface area contributed by atoms with Crippen LogP contribution in [0.25, 0.3) is 0 Å². The molecule has 0 aliphatic heterocycles. The van der Waals surface area contributed by atoms with Gasteiger partial charge in [0.05, 0.1) is 0 Å². The largest absolute Gasteiger partial charge is 0.543 e. The summed E-state index contributed by atoms with van der Waals surface area (Å²) in [5, 5.41) is 0. The molecule has 0 bridgehead atoms. The maximum Gasteiger partial charge on any atom is 0 e. The number of carbonyl (C=O) groups excluding carboxylic acids is 4. The van der Waals surface area contributed by atoms with E-state index in [1.165, 1.54) is 0 Å². The van der Waals surface area contributed by atoms with Gasteiger partial charge in [-0.3, -0.25) is 0 Å². The fourth-order valence-corrected chi connectivity index (χ4v) is 0. The Hall–Kier alpha value is 0.737. The van der Waals surface area contributed by atoms with Gasteiger partial charge in [0.1, 0.15) is 0 Å². The van der Waals surface area contributed by atoms with Gasteiger partial charge in [-0.25, -0.2) is 0 Å². The van der Waals surface area contributed by atoms with E-state index in [1.54, 1.807) is 0 Å². The van der Waals surface area contributed by atoms with Crippen molar-refractivity contribution in [2.45, 2.75) is 0 Å². The standard InChI is InChI=1S/4CH2NO.4Ti/c4*2-1-3;;;;/h4*(H2,2,3);;;;/q4*-1;;;;. The van der Waals surface area contributed by atoms with Crippen molar-refractivity contribution in [1.29, 1.82) is 0 Å². The van der Waals surface area contributed by atoms with E-state index < -0.39 is 0 Å². The summed E-state index contributed by atoms with van der Waals surface area (Å²) in [4.78, 5) is 33.8. The molecule has 0 atom stereocenters. The van der Waals surface area contributed by atoms with E-state index >= 15 is 0 Å². The van der Waals surface area contributed by atoms with Crippen molar-refractivity contribution < 1.29 is 106 Å². The minimum Gasteiger partial charge on any atom is -0.543 e. The van der Waals surface area contributed by atoms with Gasteiger partial charge in [0, 0.05) is 86.9 Å². The zero-order chi connectivity index (χ0) is 10.8. The van der Waals surface area contributed by atoms with Gasteiger partial charge in [0.15, 0.2) is 0 Å². The Kier molecular flexibility index (Phi) is 517. The second kappa shape index (κ2) is 152. The Morgan fingerprint density at radius 1 is 0.438 bits per heavy atom. The van der Waals surface area contributed by atoms with Crippen LogP contribution in [0.5, 0.6) is 0 Å². The van der Waals surface area contributed by atoms with Crippen LogP contribution < -0.4 is 22.9 Å². The summed E-state index contributed by atoms with van der Waals surface area (Å²) in [7, 11) is 0. The van der Waals surface area contributed by atoms with Crippen molar-refractivity contribution in [3.8, 4) is 0 Å². The molecule has 4 amide bonds. The molecule has 0 fully saturated rings. The Labute approximate surface area is 153 Å². The van der Waals surface area contributed by atoms with Gasteiger partial charge >= 0.3 is 0 Å². The molecule has 88 valence electrons. The minimum atomic E-state index is 0. The summed E-state index contributed by atoms with van der Waals surface area (Å²) in [5.41, 5.74) is 16.2. The second-order valence-corrected chi connectivity index (χ2v) is 0.471. The average Bonchev–Trinajstić information content (AvgIpc) is 1.92. The Balaban J connectivity index is -0.00000000821. The van der Waals surface area contributed by atoms with Crippen LogP contribution in [-0.4, -0.2) is 25.6 Å². The summed E-state index contributed by atoms with van der Waals surface area (Å²) in [5.74, 6) is 0. The molecule has 0 aromatic rings. The normalized spacial score (nSPS) is 3.00. The van der Waals surface area contributed by atoms with Crippen molar-refractivity contribution >= 4 is 25.6 Å². The van der Waals surface area contributed by atoms with Crippen LogP contribution in [0.3, 0.4) is 0 Å². The third kappa shape index (κ3) is 5120. The topological polar surface area (TPSA) is 172 Å². The summed E-state index contributed by atoms with van der Waals surface area (Å²) >= 11 is 0. The fraction of sp³-hybridized carbons (Fsp3) is 0. The van der Waals surface area contributed by atoms with Gasteiger partial charge in [-0.15, -0.1) is 0 Å². The van der Waals surface area contributed by atoms with E-state index in [1.807, 2.05) is 0 Å². The minimum absolute atomic E-state index is 0. The molecule has 0 radical (unpaired) electrons. The molecule has 0 heterocycles. The van der Waals surface area contributed by atoms with Crippen LogP contribution in [0.1, 0.15) is 0 Å². The Morgan fingerprint density at radius 3 is 0.438 bits per heavy atom. The molecular weight excluding hydrogens is 360 g/mol. The number of nitrogens with two attached hydrogens (primary N) is 4. The van der Waals surface area contributed by atoms with E-state index in [9.17, 15) is 0 Å². The van der Waals surface area contributed by atoms with Gasteiger partial charge in [-0.2, -0.15) is 25.6 Å². The van der Waals surface area contributed by atoms with Crippen molar-refractivity contribution in [3.63, 3.8) is 0 Å². The first kappa shape index (κ1) is 54.3. The van der Waals surface area contributed by atoms with Crippen LogP contribution in [-0.2, 0) is 106 Å². The van der Waals surface area contributed by atoms with E-state index in [0.717, 1.165) is 25.6 Å². The van der Waals surface area contributed by atoms with Crippen molar-refractivity contribution in [2.75, 3.05) is 0 Å². The van der Waals surface area contributed by atoms with Crippen molar-refractivity contribution in [1.82, 2.24) is 0 Å². The van der Waals surface area contributed by atoms with E-state index in [4.69, 9.17) is 19.2 Å². The molecule has 16 heavy (non-hydrogen) atoms. The van der Waals surface area contributed by atoms with Crippen LogP contribution >= 0.6 is 0 Å². The van der Waals surface area contributed by atoms with E-state index in [0.29, 0.717) is 0 Å². The van der Waals surface area contributed by atoms with Gasteiger partial charge in [0.2, 0.25) is 0 Å². The maximum atomic E-state index is 8.46. The van der Waals surface area contributed by atoms with Gasteiger partial charge in [-0.05, 0) is 0 Å². The molecule has 0 aliphatic rings. The molecule has 8 N–H and O–H groups in total. The summed E-state index contributed by atoms with van der Waals surface area (Å²) in [6, 6.07) is 0. The molecule has 0 saturated carbocycles. The summed E-state index contributed by atoms with van der Waals surface area (Å²) in [6.07, 6.45) is 4.00. The molecule has 0 rings (SSSR count). The van der Waals surface area contributed by atoms with E-state index in [2.05, 4.69) is 22.9 Å². The van der Waals surface area contributed by atoms with Crippen LogP contribution in [0.2, 0.25) is 0 Å². The van der Waals surface area contributed by atoms with Crippen LogP contribution in [0, 0.1) is 0 Å². The molecule has 0 aliphatic carbocycles. The molecule has 0 spiro atoms. The molecular formula is C4H8N4O4Ti4-4. The predicted octanol–water partition coefficient (Wildman–Crippen LogP) is -3.96. The van der Waals surface area contributed by atoms with Gasteiger partial charge < -0.3 is 42.1 Å². The molecule has 0 saturated heterocycles.